The predicted molar refractivity (Wildman–Crippen MR) is 114 cm³/mol. The number of fused-ring (bicyclic) bond motifs is 1. The second kappa shape index (κ2) is 8.16. The molecule has 3 aromatic rings. The highest BCUT2D eigenvalue weighted by Gasteiger charge is 2.32. The highest BCUT2D eigenvalue weighted by molar-refractivity contribution is 6.30. The Balaban J connectivity index is 1.64. The minimum atomic E-state index is -0.635. The van der Waals surface area contributed by atoms with Crippen molar-refractivity contribution in [2.24, 2.45) is 0 Å². The van der Waals surface area contributed by atoms with Crippen LogP contribution in [0.2, 0.25) is 5.02 Å². The average molecular weight is 425 g/mol. The van der Waals surface area contributed by atoms with E-state index in [-0.39, 0.29) is 11.5 Å². The van der Waals surface area contributed by atoms with Gasteiger partial charge in [-0.1, -0.05) is 29.8 Å². The lowest BCUT2D eigenvalue weighted by Gasteiger charge is -2.33. The lowest BCUT2D eigenvalue weighted by Crippen LogP contribution is -2.44. The summed E-state index contributed by atoms with van der Waals surface area (Å²) in [5.74, 6) is -0.606. The molecule has 1 unspecified atom stereocenters. The van der Waals surface area contributed by atoms with Crippen molar-refractivity contribution in [3.05, 3.63) is 88.7 Å². The maximum atomic E-state index is 13.4. The van der Waals surface area contributed by atoms with E-state index in [2.05, 4.69) is 5.32 Å². The average Bonchev–Trinajstić information content (AvgIpc) is 2.72. The van der Waals surface area contributed by atoms with Gasteiger partial charge in [-0.2, -0.15) is 0 Å². The van der Waals surface area contributed by atoms with E-state index in [4.69, 9.17) is 16.3 Å². The number of nitrogens with one attached hydrogen (secondary N) is 1. The molecule has 30 heavy (non-hydrogen) atoms. The van der Waals surface area contributed by atoms with Gasteiger partial charge in [-0.3, -0.25) is 9.59 Å². The summed E-state index contributed by atoms with van der Waals surface area (Å²) in [7, 11) is 0. The minimum Gasteiger partial charge on any atom is -0.479 e. The summed E-state index contributed by atoms with van der Waals surface area (Å²) >= 11 is 6.08. The minimum absolute atomic E-state index is 0.198. The summed E-state index contributed by atoms with van der Waals surface area (Å²) in [6, 6.07) is 17.7. The molecule has 1 N–H and O–H groups in total. The molecule has 0 saturated carbocycles. The van der Waals surface area contributed by atoms with Gasteiger partial charge in [0.15, 0.2) is 6.10 Å². The zero-order chi connectivity index (χ0) is 21.3. The Kier molecular flexibility index (Phi) is 5.42. The zero-order valence-corrected chi connectivity index (χ0v) is 16.8. The molecule has 1 heterocycles. The Morgan fingerprint density at radius 1 is 1.13 bits per heavy atom. The summed E-state index contributed by atoms with van der Waals surface area (Å²) in [6.07, 6.45) is -0.635. The molecule has 0 spiro atoms. The Labute approximate surface area is 178 Å². The Hall–Kier alpha value is -3.38. The van der Waals surface area contributed by atoms with Crippen molar-refractivity contribution < 1.29 is 18.7 Å². The number of ether oxygens (including phenoxy) is 1. The quantitative estimate of drug-likeness (QED) is 0.638. The van der Waals surface area contributed by atoms with E-state index < -0.39 is 17.8 Å². The Morgan fingerprint density at radius 2 is 1.93 bits per heavy atom. The number of hydrogen-bond donors (Lipinski definition) is 1. The molecule has 1 aliphatic heterocycles. The van der Waals surface area contributed by atoms with E-state index in [0.717, 1.165) is 11.6 Å². The predicted octanol–water partition coefficient (Wildman–Crippen LogP) is 5.05. The fourth-order valence-corrected chi connectivity index (χ4v) is 3.51. The highest BCUT2D eigenvalue weighted by atomic mass is 35.5. The first-order chi connectivity index (χ1) is 14.4. The molecule has 0 aliphatic carbocycles. The number of anilines is 2. The second-order valence-electron chi connectivity index (χ2n) is 6.96. The third-order valence-electron chi connectivity index (χ3n) is 4.74. The number of hydrogen-bond acceptors (Lipinski definition) is 3. The number of carbonyl (C=O) groups excluding carboxylic acids is 2. The normalized spacial score (nSPS) is 15.4. The number of rotatable bonds is 4. The van der Waals surface area contributed by atoms with Crippen molar-refractivity contribution in [1.82, 2.24) is 0 Å². The van der Waals surface area contributed by atoms with Gasteiger partial charge in [-0.05, 0) is 61.0 Å². The van der Waals surface area contributed by atoms with E-state index in [9.17, 15) is 14.0 Å². The first-order valence-corrected chi connectivity index (χ1v) is 9.72. The molecule has 4 rings (SSSR count). The van der Waals surface area contributed by atoms with Gasteiger partial charge in [0.1, 0.15) is 11.6 Å². The van der Waals surface area contributed by atoms with Crippen LogP contribution in [-0.4, -0.2) is 17.9 Å². The van der Waals surface area contributed by atoms with Crippen LogP contribution in [-0.2, 0) is 11.3 Å². The van der Waals surface area contributed by atoms with E-state index in [1.54, 1.807) is 42.2 Å². The summed E-state index contributed by atoms with van der Waals surface area (Å²) in [4.78, 5) is 26.9. The lowest BCUT2D eigenvalue weighted by molar-refractivity contribution is -0.125. The van der Waals surface area contributed by atoms with E-state index in [1.165, 1.54) is 18.2 Å². The Bertz CT molecular complexity index is 1130. The van der Waals surface area contributed by atoms with Crippen LogP contribution in [0.5, 0.6) is 5.75 Å². The summed E-state index contributed by atoms with van der Waals surface area (Å²) < 4.78 is 19.1. The summed E-state index contributed by atoms with van der Waals surface area (Å²) in [5.41, 5.74) is 2.06. The van der Waals surface area contributed by atoms with Crippen LogP contribution in [0.25, 0.3) is 0 Å². The molecule has 152 valence electrons. The first-order valence-electron chi connectivity index (χ1n) is 9.34. The van der Waals surface area contributed by atoms with Crippen molar-refractivity contribution in [1.29, 1.82) is 0 Å². The molecule has 7 heteroatoms. The van der Waals surface area contributed by atoms with E-state index in [0.29, 0.717) is 28.7 Å². The van der Waals surface area contributed by atoms with Gasteiger partial charge in [0.25, 0.3) is 11.8 Å². The van der Waals surface area contributed by atoms with Crippen molar-refractivity contribution in [3.63, 3.8) is 0 Å². The fraction of sp³-hybridized carbons (Fsp3) is 0.130. The molecule has 2 amide bonds. The second-order valence-corrected chi connectivity index (χ2v) is 7.40. The number of carbonyl (C=O) groups is 2. The summed E-state index contributed by atoms with van der Waals surface area (Å²) in [6.45, 7) is 2.00. The van der Waals surface area contributed by atoms with E-state index in [1.807, 2.05) is 12.1 Å². The largest absolute Gasteiger partial charge is 0.479 e. The van der Waals surface area contributed by atoms with Crippen LogP contribution in [0.3, 0.4) is 0 Å². The highest BCUT2D eigenvalue weighted by Crippen LogP contribution is 2.37. The molecule has 0 fully saturated rings. The smallest absolute Gasteiger partial charge is 0.268 e. The topological polar surface area (TPSA) is 58.6 Å². The molecule has 0 bridgehead atoms. The molecule has 0 aromatic heterocycles. The van der Waals surface area contributed by atoms with Crippen molar-refractivity contribution in [2.75, 3.05) is 10.2 Å². The van der Waals surface area contributed by atoms with Crippen molar-refractivity contribution >= 4 is 34.8 Å². The summed E-state index contributed by atoms with van der Waals surface area (Å²) in [5, 5.41) is 3.32. The van der Waals surface area contributed by atoms with Crippen LogP contribution in [0.1, 0.15) is 22.8 Å². The van der Waals surface area contributed by atoms with Gasteiger partial charge in [-0.25, -0.2) is 4.39 Å². The molecule has 3 aromatic carbocycles. The molecular formula is C23H18ClFN2O3. The molecule has 0 saturated heterocycles. The monoisotopic (exact) mass is 424 g/mol. The molecule has 1 atom stereocenters. The Morgan fingerprint density at radius 3 is 2.70 bits per heavy atom. The van der Waals surface area contributed by atoms with Crippen LogP contribution >= 0.6 is 11.6 Å². The van der Waals surface area contributed by atoms with Crippen molar-refractivity contribution in [3.8, 4) is 5.75 Å². The van der Waals surface area contributed by atoms with Gasteiger partial charge in [0.2, 0.25) is 0 Å². The van der Waals surface area contributed by atoms with E-state index >= 15 is 0 Å². The molecule has 0 radical (unpaired) electrons. The molecule has 1 aliphatic rings. The van der Waals surface area contributed by atoms with Crippen LogP contribution in [0.15, 0.2) is 66.7 Å². The maximum Gasteiger partial charge on any atom is 0.268 e. The van der Waals surface area contributed by atoms with Gasteiger partial charge in [0, 0.05) is 16.3 Å². The van der Waals surface area contributed by atoms with Crippen LogP contribution < -0.4 is 15.0 Å². The number of halogens is 2. The van der Waals surface area contributed by atoms with Crippen LogP contribution in [0.4, 0.5) is 15.8 Å². The number of benzene rings is 3. The maximum absolute atomic E-state index is 13.4. The molecular weight excluding hydrogens is 407 g/mol. The molecule has 5 nitrogen and oxygen atoms in total. The van der Waals surface area contributed by atoms with Gasteiger partial charge < -0.3 is 15.0 Å². The van der Waals surface area contributed by atoms with Gasteiger partial charge >= 0.3 is 0 Å². The third kappa shape index (κ3) is 4.14. The van der Waals surface area contributed by atoms with Crippen molar-refractivity contribution in [2.45, 2.75) is 19.6 Å². The zero-order valence-electron chi connectivity index (χ0n) is 16.1. The van der Waals surface area contributed by atoms with Gasteiger partial charge in [-0.15, -0.1) is 0 Å². The fourth-order valence-electron chi connectivity index (χ4n) is 3.30. The lowest BCUT2D eigenvalue weighted by atomic mass is 10.1. The number of nitrogens with zero attached hydrogens (tertiary/aromatic N) is 1. The van der Waals surface area contributed by atoms with Gasteiger partial charge in [0.05, 0.1) is 12.2 Å². The third-order valence-corrected chi connectivity index (χ3v) is 4.98. The number of amides is 2. The standard InChI is InChI=1S/C23H18ClFN2O3/c1-14-23(29)27(13-15-4-2-6-17(24)10-15)20-12-19(8-9-21(20)30-14)26-22(28)16-5-3-7-18(25)11-16/h2-12,14H,13H2,1H3,(H,26,28). The SMILES string of the molecule is CC1Oc2ccc(NC(=O)c3cccc(F)c3)cc2N(Cc2cccc(Cl)c2)C1=O. The van der Waals surface area contributed by atoms with Crippen LogP contribution in [0, 0.1) is 5.82 Å². The first kappa shape index (κ1) is 19.9.